The Morgan fingerprint density at radius 3 is 2.93 bits per heavy atom. The van der Waals surface area contributed by atoms with E-state index in [2.05, 4.69) is 15.5 Å². The van der Waals surface area contributed by atoms with Crippen molar-refractivity contribution in [2.45, 2.75) is 31.3 Å². The summed E-state index contributed by atoms with van der Waals surface area (Å²) in [6, 6.07) is 3.71. The van der Waals surface area contributed by atoms with E-state index < -0.39 is 5.60 Å². The average molecular weight is 193 g/mol. The first-order valence-corrected chi connectivity index (χ1v) is 5.02. The number of hydrogen-bond donors (Lipinski definition) is 2. The molecule has 1 heterocycles. The van der Waals surface area contributed by atoms with Crippen LogP contribution in [0.15, 0.2) is 18.3 Å². The molecule has 0 amide bonds. The SMILES string of the molecule is OC1(CCNc2cccnn2)CCC1. The Hall–Kier alpha value is -1.16. The molecule has 0 saturated heterocycles. The van der Waals surface area contributed by atoms with Crippen LogP contribution in [0.4, 0.5) is 5.82 Å². The summed E-state index contributed by atoms with van der Waals surface area (Å²) < 4.78 is 0. The highest BCUT2D eigenvalue weighted by Gasteiger charge is 2.33. The third-order valence-electron chi connectivity index (χ3n) is 2.75. The monoisotopic (exact) mass is 193 g/mol. The van der Waals surface area contributed by atoms with Crippen molar-refractivity contribution in [2.75, 3.05) is 11.9 Å². The van der Waals surface area contributed by atoms with Crippen LogP contribution in [0, 0.1) is 0 Å². The molecule has 76 valence electrons. The van der Waals surface area contributed by atoms with E-state index in [-0.39, 0.29) is 0 Å². The predicted octanol–water partition coefficient (Wildman–Crippen LogP) is 1.19. The number of aliphatic hydroxyl groups is 1. The zero-order valence-corrected chi connectivity index (χ0v) is 8.11. The van der Waals surface area contributed by atoms with Gasteiger partial charge in [-0.2, -0.15) is 5.10 Å². The van der Waals surface area contributed by atoms with E-state index in [1.54, 1.807) is 6.20 Å². The van der Waals surface area contributed by atoms with Crippen molar-refractivity contribution in [3.8, 4) is 0 Å². The zero-order chi connectivity index (χ0) is 9.86. The number of hydrogen-bond acceptors (Lipinski definition) is 4. The molecule has 0 spiro atoms. The first-order valence-electron chi connectivity index (χ1n) is 5.02. The Morgan fingerprint density at radius 2 is 2.36 bits per heavy atom. The topological polar surface area (TPSA) is 58.0 Å². The van der Waals surface area contributed by atoms with E-state index in [1.807, 2.05) is 12.1 Å². The molecule has 2 N–H and O–H groups in total. The van der Waals surface area contributed by atoms with Crippen LogP contribution in [0.3, 0.4) is 0 Å². The van der Waals surface area contributed by atoms with E-state index in [0.29, 0.717) is 0 Å². The van der Waals surface area contributed by atoms with Gasteiger partial charge in [0.2, 0.25) is 0 Å². The van der Waals surface area contributed by atoms with Crippen LogP contribution in [-0.4, -0.2) is 27.4 Å². The number of rotatable bonds is 4. The Morgan fingerprint density at radius 1 is 1.50 bits per heavy atom. The molecule has 0 aliphatic heterocycles. The summed E-state index contributed by atoms with van der Waals surface area (Å²) in [5, 5.41) is 20.6. The maximum absolute atomic E-state index is 9.81. The lowest BCUT2D eigenvalue weighted by atomic mass is 9.78. The third kappa shape index (κ3) is 2.20. The van der Waals surface area contributed by atoms with Crippen LogP contribution in [0.5, 0.6) is 0 Å². The van der Waals surface area contributed by atoms with E-state index in [4.69, 9.17) is 0 Å². The normalized spacial score (nSPS) is 18.6. The highest BCUT2D eigenvalue weighted by molar-refractivity contribution is 5.31. The molecule has 4 nitrogen and oxygen atoms in total. The molecule has 0 radical (unpaired) electrons. The van der Waals surface area contributed by atoms with Gasteiger partial charge >= 0.3 is 0 Å². The van der Waals surface area contributed by atoms with E-state index in [9.17, 15) is 5.11 Å². The fourth-order valence-corrected chi connectivity index (χ4v) is 1.65. The van der Waals surface area contributed by atoms with Crippen molar-refractivity contribution in [1.82, 2.24) is 10.2 Å². The second-order valence-corrected chi connectivity index (χ2v) is 3.86. The summed E-state index contributed by atoms with van der Waals surface area (Å²) in [5.41, 5.74) is -0.408. The minimum atomic E-state index is -0.408. The average Bonchev–Trinajstić information content (AvgIpc) is 2.17. The Balaban J connectivity index is 1.73. The van der Waals surface area contributed by atoms with Crippen molar-refractivity contribution < 1.29 is 5.11 Å². The smallest absolute Gasteiger partial charge is 0.148 e. The van der Waals surface area contributed by atoms with Gasteiger partial charge in [0.05, 0.1) is 5.60 Å². The van der Waals surface area contributed by atoms with Crippen molar-refractivity contribution >= 4 is 5.82 Å². The van der Waals surface area contributed by atoms with Crippen LogP contribution in [0.25, 0.3) is 0 Å². The summed E-state index contributed by atoms with van der Waals surface area (Å²) in [4.78, 5) is 0. The number of anilines is 1. The highest BCUT2D eigenvalue weighted by atomic mass is 16.3. The summed E-state index contributed by atoms with van der Waals surface area (Å²) in [7, 11) is 0. The van der Waals surface area contributed by atoms with Gasteiger partial charge in [-0.1, -0.05) is 0 Å². The lowest BCUT2D eigenvalue weighted by Crippen LogP contribution is -2.38. The lowest BCUT2D eigenvalue weighted by molar-refractivity contribution is -0.0370. The second-order valence-electron chi connectivity index (χ2n) is 3.86. The van der Waals surface area contributed by atoms with E-state index in [0.717, 1.165) is 38.0 Å². The van der Waals surface area contributed by atoms with Crippen LogP contribution >= 0.6 is 0 Å². The Labute approximate surface area is 83.4 Å². The maximum Gasteiger partial charge on any atom is 0.148 e. The molecule has 0 atom stereocenters. The van der Waals surface area contributed by atoms with Crippen LogP contribution in [-0.2, 0) is 0 Å². The molecule has 2 rings (SSSR count). The molecule has 0 unspecified atom stereocenters. The number of nitrogens with zero attached hydrogens (tertiary/aromatic N) is 2. The third-order valence-corrected chi connectivity index (χ3v) is 2.75. The molecule has 1 fully saturated rings. The minimum Gasteiger partial charge on any atom is -0.390 e. The highest BCUT2D eigenvalue weighted by Crippen LogP contribution is 2.34. The van der Waals surface area contributed by atoms with Crippen molar-refractivity contribution in [3.05, 3.63) is 18.3 Å². The summed E-state index contributed by atoms with van der Waals surface area (Å²) in [6.45, 7) is 0.759. The fraction of sp³-hybridized carbons (Fsp3) is 0.600. The molecule has 14 heavy (non-hydrogen) atoms. The van der Waals surface area contributed by atoms with Gasteiger partial charge in [0, 0.05) is 12.7 Å². The van der Waals surface area contributed by atoms with E-state index in [1.165, 1.54) is 0 Å². The van der Waals surface area contributed by atoms with E-state index >= 15 is 0 Å². The molecule has 1 aliphatic carbocycles. The molecule has 4 heteroatoms. The van der Waals surface area contributed by atoms with Crippen LogP contribution in [0.1, 0.15) is 25.7 Å². The Kier molecular flexibility index (Phi) is 2.63. The lowest BCUT2D eigenvalue weighted by Gasteiger charge is -2.36. The van der Waals surface area contributed by atoms with Gasteiger partial charge in [0.15, 0.2) is 0 Å². The van der Waals surface area contributed by atoms with Gasteiger partial charge in [0.1, 0.15) is 5.82 Å². The molecule has 1 aromatic heterocycles. The predicted molar refractivity (Wildman–Crippen MR) is 53.9 cm³/mol. The molecular weight excluding hydrogens is 178 g/mol. The molecule has 1 aromatic rings. The summed E-state index contributed by atoms with van der Waals surface area (Å²) >= 11 is 0. The van der Waals surface area contributed by atoms with Gasteiger partial charge in [-0.3, -0.25) is 0 Å². The fourth-order valence-electron chi connectivity index (χ4n) is 1.65. The molecule has 1 aliphatic rings. The number of aromatic nitrogens is 2. The van der Waals surface area contributed by atoms with Gasteiger partial charge in [-0.25, -0.2) is 0 Å². The van der Waals surface area contributed by atoms with Crippen LogP contribution in [0.2, 0.25) is 0 Å². The summed E-state index contributed by atoms with van der Waals surface area (Å²) in [6.07, 6.45) is 5.47. The van der Waals surface area contributed by atoms with Crippen molar-refractivity contribution in [2.24, 2.45) is 0 Å². The molecule has 0 aromatic carbocycles. The zero-order valence-electron chi connectivity index (χ0n) is 8.11. The largest absolute Gasteiger partial charge is 0.390 e. The molecule has 1 saturated carbocycles. The summed E-state index contributed by atoms with van der Waals surface area (Å²) in [5.74, 6) is 0.774. The quantitative estimate of drug-likeness (QED) is 0.754. The van der Waals surface area contributed by atoms with Gasteiger partial charge < -0.3 is 10.4 Å². The van der Waals surface area contributed by atoms with Gasteiger partial charge in [-0.05, 0) is 37.8 Å². The first kappa shape index (κ1) is 9.40. The van der Waals surface area contributed by atoms with Crippen molar-refractivity contribution in [3.63, 3.8) is 0 Å². The van der Waals surface area contributed by atoms with Gasteiger partial charge in [-0.15, -0.1) is 5.10 Å². The molecular formula is C10H15N3O. The first-order chi connectivity index (χ1) is 6.79. The second kappa shape index (κ2) is 3.92. The maximum atomic E-state index is 9.81. The standard InChI is InChI=1S/C10H15N3O/c14-10(4-2-5-10)6-8-11-9-3-1-7-12-13-9/h1,3,7,14H,2,4-6,8H2,(H,11,13). The van der Waals surface area contributed by atoms with Gasteiger partial charge in [0.25, 0.3) is 0 Å². The Bertz CT molecular complexity index is 285. The van der Waals surface area contributed by atoms with Crippen molar-refractivity contribution in [1.29, 1.82) is 0 Å². The minimum absolute atomic E-state index is 0.408. The number of nitrogens with one attached hydrogen (secondary N) is 1. The molecule has 0 bridgehead atoms. The van der Waals surface area contributed by atoms with Crippen LogP contribution < -0.4 is 5.32 Å².